The van der Waals surface area contributed by atoms with Crippen LogP contribution in [-0.2, 0) is 9.59 Å². The molecular weight excluding hydrogens is 416 g/mol. The van der Waals surface area contributed by atoms with Crippen molar-refractivity contribution < 1.29 is 19.1 Å². The van der Waals surface area contributed by atoms with Gasteiger partial charge in [-0.1, -0.05) is 48.2 Å². The molecule has 2 fully saturated rings. The first-order valence-electron chi connectivity index (χ1n) is 9.39. The lowest BCUT2D eigenvalue weighted by atomic mass is 9.94. The van der Waals surface area contributed by atoms with E-state index in [1.807, 2.05) is 0 Å². The van der Waals surface area contributed by atoms with Gasteiger partial charge in [0.2, 0.25) is 0 Å². The molecule has 1 aliphatic heterocycles. The molecule has 1 amide bonds. The molecule has 1 saturated carbocycles. The fraction of sp³-hybridized carbons (Fsp3) is 0.273. The third kappa shape index (κ3) is 3.53. The van der Waals surface area contributed by atoms with Crippen LogP contribution < -0.4 is 0 Å². The second kappa shape index (κ2) is 7.81. The fourth-order valence-electron chi connectivity index (χ4n) is 4.18. The first-order valence-corrected chi connectivity index (χ1v) is 10.1. The van der Waals surface area contributed by atoms with Crippen LogP contribution in [0.2, 0.25) is 10.0 Å². The molecule has 4 nitrogen and oxygen atoms in total. The van der Waals surface area contributed by atoms with E-state index in [-0.39, 0.29) is 28.0 Å². The van der Waals surface area contributed by atoms with Gasteiger partial charge < -0.3 is 10.0 Å². The highest BCUT2D eigenvalue weighted by Crippen LogP contribution is 2.43. The standard InChI is InChI=1S/C22H18Cl2FNO3/c23-16-10-7-13(11-17(16)24)20(27)18-19(12-5-8-14(25)9-6-12)26(22(29)21(18)28)15-3-1-2-4-15/h5-11,15,19,27H,1-4H2/b20-18-. The summed E-state index contributed by atoms with van der Waals surface area (Å²) in [5.41, 5.74) is 0.835. The zero-order valence-electron chi connectivity index (χ0n) is 15.4. The van der Waals surface area contributed by atoms with Gasteiger partial charge in [0.05, 0.1) is 21.7 Å². The van der Waals surface area contributed by atoms with Gasteiger partial charge in [0.1, 0.15) is 11.6 Å². The normalized spacial score (nSPS) is 21.9. The Morgan fingerprint density at radius 2 is 1.66 bits per heavy atom. The number of aliphatic hydroxyl groups is 1. The van der Waals surface area contributed by atoms with Crippen LogP contribution in [0.15, 0.2) is 48.0 Å². The van der Waals surface area contributed by atoms with Gasteiger partial charge in [0.25, 0.3) is 11.7 Å². The van der Waals surface area contributed by atoms with E-state index in [0.29, 0.717) is 10.6 Å². The molecule has 0 bridgehead atoms. The number of likely N-dealkylation sites (tertiary alicyclic amines) is 1. The predicted octanol–water partition coefficient (Wildman–Crippen LogP) is 5.50. The van der Waals surface area contributed by atoms with E-state index in [4.69, 9.17) is 23.2 Å². The number of halogens is 3. The van der Waals surface area contributed by atoms with Crippen molar-refractivity contribution in [2.45, 2.75) is 37.8 Å². The predicted molar refractivity (Wildman–Crippen MR) is 109 cm³/mol. The number of ketones is 1. The number of carbonyl (C=O) groups is 2. The van der Waals surface area contributed by atoms with Gasteiger partial charge in [0.15, 0.2) is 0 Å². The molecule has 1 unspecified atom stereocenters. The summed E-state index contributed by atoms with van der Waals surface area (Å²) in [4.78, 5) is 27.4. The lowest BCUT2D eigenvalue weighted by Crippen LogP contribution is -2.37. The van der Waals surface area contributed by atoms with Crippen molar-refractivity contribution >= 4 is 40.7 Å². The molecule has 1 atom stereocenters. The van der Waals surface area contributed by atoms with Crippen molar-refractivity contribution in [3.05, 3.63) is 75.0 Å². The summed E-state index contributed by atoms with van der Waals surface area (Å²) in [5, 5.41) is 11.5. The zero-order chi connectivity index (χ0) is 20.7. The molecule has 7 heteroatoms. The molecule has 0 radical (unpaired) electrons. The maximum atomic E-state index is 13.5. The zero-order valence-corrected chi connectivity index (χ0v) is 16.9. The summed E-state index contributed by atoms with van der Waals surface area (Å²) in [6, 6.07) is 9.25. The van der Waals surface area contributed by atoms with Gasteiger partial charge in [-0.3, -0.25) is 9.59 Å². The van der Waals surface area contributed by atoms with Crippen LogP contribution in [0.5, 0.6) is 0 Å². The molecule has 2 aliphatic rings. The summed E-state index contributed by atoms with van der Waals surface area (Å²) < 4.78 is 13.5. The quantitative estimate of drug-likeness (QED) is 0.395. The molecule has 0 aromatic heterocycles. The summed E-state index contributed by atoms with van der Waals surface area (Å²) in [6.45, 7) is 0. The number of hydrogen-bond donors (Lipinski definition) is 1. The maximum absolute atomic E-state index is 13.5. The second-order valence-electron chi connectivity index (χ2n) is 7.33. The second-order valence-corrected chi connectivity index (χ2v) is 8.14. The summed E-state index contributed by atoms with van der Waals surface area (Å²) >= 11 is 12.0. The van der Waals surface area contributed by atoms with Crippen molar-refractivity contribution in [2.75, 3.05) is 0 Å². The van der Waals surface area contributed by atoms with Crippen LogP contribution in [0, 0.1) is 5.82 Å². The Hall–Kier alpha value is -2.37. The Bertz CT molecular complexity index is 1010. The fourth-order valence-corrected chi connectivity index (χ4v) is 4.48. The van der Waals surface area contributed by atoms with Crippen molar-refractivity contribution in [1.29, 1.82) is 0 Å². The minimum Gasteiger partial charge on any atom is -0.507 e. The van der Waals surface area contributed by atoms with Gasteiger partial charge in [-0.05, 0) is 48.7 Å². The Balaban J connectivity index is 1.89. The van der Waals surface area contributed by atoms with Crippen molar-refractivity contribution in [3.8, 4) is 0 Å². The van der Waals surface area contributed by atoms with Crippen molar-refractivity contribution in [3.63, 3.8) is 0 Å². The van der Waals surface area contributed by atoms with E-state index in [9.17, 15) is 19.1 Å². The molecule has 1 N–H and O–H groups in total. The third-order valence-corrected chi connectivity index (χ3v) is 6.32. The number of benzene rings is 2. The van der Waals surface area contributed by atoms with Gasteiger partial charge in [0, 0.05) is 11.6 Å². The van der Waals surface area contributed by atoms with Crippen molar-refractivity contribution in [2.24, 2.45) is 0 Å². The van der Waals surface area contributed by atoms with Crippen LogP contribution in [-0.4, -0.2) is 27.7 Å². The van der Waals surface area contributed by atoms with Gasteiger partial charge in [-0.15, -0.1) is 0 Å². The number of carbonyl (C=O) groups excluding carboxylic acids is 2. The molecule has 1 saturated heterocycles. The summed E-state index contributed by atoms with van der Waals surface area (Å²) in [7, 11) is 0. The van der Waals surface area contributed by atoms with E-state index in [1.54, 1.807) is 4.90 Å². The Morgan fingerprint density at radius 1 is 1.00 bits per heavy atom. The van der Waals surface area contributed by atoms with Gasteiger partial charge >= 0.3 is 0 Å². The van der Waals surface area contributed by atoms with E-state index >= 15 is 0 Å². The molecule has 0 spiro atoms. The van der Waals surface area contributed by atoms with E-state index in [2.05, 4.69) is 0 Å². The third-order valence-electron chi connectivity index (χ3n) is 5.58. The van der Waals surface area contributed by atoms with Crippen molar-refractivity contribution in [1.82, 2.24) is 4.90 Å². The molecule has 2 aromatic carbocycles. The number of hydrogen-bond acceptors (Lipinski definition) is 3. The number of amides is 1. The van der Waals surface area contributed by atoms with E-state index in [1.165, 1.54) is 42.5 Å². The monoisotopic (exact) mass is 433 g/mol. The van der Waals surface area contributed by atoms with Crippen LogP contribution in [0.3, 0.4) is 0 Å². The molecule has 1 heterocycles. The number of rotatable bonds is 3. The van der Waals surface area contributed by atoms with Gasteiger partial charge in [-0.25, -0.2) is 4.39 Å². The smallest absolute Gasteiger partial charge is 0.295 e. The van der Waals surface area contributed by atoms with Crippen LogP contribution in [0.4, 0.5) is 4.39 Å². The first-order chi connectivity index (χ1) is 13.9. The Labute approximate surface area is 177 Å². The van der Waals surface area contributed by atoms with Crippen LogP contribution in [0.1, 0.15) is 42.9 Å². The average Bonchev–Trinajstić information content (AvgIpc) is 3.31. The topological polar surface area (TPSA) is 57.6 Å². The highest BCUT2D eigenvalue weighted by molar-refractivity contribution is 6.47. The minimum atomic E-state index is -0.784. The molecule has 29 heavy (non-hydrogen) atoms. The van der Waals surface area contributed by atoms with Crippen LogP contribution in [0.25, 0.3) is 5.76 Å². The Kier molecular flexibility index (Phi) is 5.36. The van der Waals surface area contributed by atoms with Crippen LogP contribution >= 0.6 is 23.2 Å². The lowest BCUT2D eigenvalue weighted by Gasteiger charge is -2.30. The number of aliphatic hydroxyl groups excluding tert-OH is 1. The first kappa shape index (κ1) is 19.9. The highest BCUT2D eigenvalue weighted by Gasteiger charge is 2.49. The SMILES string of the molecule is O=C1C(=O)N(C2CCCC2)C(c2ccc(F)cc2)/C1=C(/O)c1ccc(Cl)c(Cl)c1. The molecule has 1 aliphatic carbocycles. The number of nitrogens with zero attached hydrogens (tertiary/aromatic N) is 1. The lowest BCUT2D eigenvalue weighted by molar-refractivity contribution is -0.141. The van der Waals surface area contributed by atoms with E-state index in [0.717, 1.165) is 25.7 Å². The number of Topliss-reactive ketones (excluding diaryl/α,β-unsaturated/α-hetero) is 1. The molecule has 2 aromatic rings. The van der Waals surface area contributed by atoms with Gasteiger partial charge in [-0.2, -0.15) is 0 Å². The summed E-state index contributed by atoms with van der Waals surface area (Å²) in [6.07, 6.45) is 3.52. The molecule has 150 valence electrons. The largest absolute Gasteiger partial charge is 0.507 e. The minimum absolute atomic E-state index is 0.0214. The van der Waals surface area contributed by atoms with E-state index < -0.39 is 23.5 Å². The summed E-state index contributed by atoms with van der Waals surface area (Å²) in [5.74, 6) is -2.14. The Morgan fingerprint density at radius 3 is 2.28 bits per heavy atom. The maximum Gasteiger partial charge on any atom is 0.295 e. The average molecular weight is 434 g/mol. The molecule has 4 rings (SSSR count). The molecular formula is C22H18Cl2FNO3. The highest BCUT2D eigenvalue weighted by atomic mass is 35.5.